The van der Waals surface area contributed by atoms with Gasteiger partial charge in [-0.3, -0.25) is 4.90 Å². The number of hydrogen-bond donors (Lipinski definition) is 0. The van der Waals surface area contributed by atoms with E-state index in [1.54, 1.807) is 11.8 Å². The van der Waals surface area contributed by atoms with Gasteiger partial charge in [0.05, 0.1) is 6.33 Å². The molecule has 1 saturated heterocycles. The molecule has 0 radical (unpaired) electrons. The molecule has 2 aromatic heterocycles. The van der Waals surface area contributed by atoms with Gasteiger partial charge in [-0.15, -0.1) is 0 Å². The maximum atomic E-state index is 4.36. The summed E-state index contributed by atoms with van der Waals surface area (Å²) in [5, 5.41) is 0.843. The van der Waals surface area contributed by atoms with Crippen molar-refractivity contribution in [1.29, 1.82) is 0 Å². The molecule has 0 bridgehead atoms. The zero-order valence-electron chi connectivity index (χ0n) is 12.4. The van der Waals surface area contributed by atoms with Gasteiger partial charge in [0, 0.05) is 50.0 Å². The van der Waals surface area contributed by atoms with Crippen LogP contribution in [-0.2, 0) is 13.1 Å². The van der Waals surface area contributed by atoms with Crippen molar-refractivity contribution in [3.05, 3.63) is 36.7 Å². The minimum atomic E-state index is 0.708. The highest BCUT2D eigenvalue weighted by atomic mass is 32.2. The van der Waals surface area contributed by atoms with Crippen LogP contribution in [0, 0.1) is 5.92 Å². The van der Waals surface area contributed by atoms with E-state index in [4.69, 9.17) is 0 Å². The Balaban J connectivity index is 1.55. The van der Waals surface area contributed by atoms with E-state index in [9.17, 15) is 0 Å². The fourth-order valence-corrected chi connectivity index (χ4v) is 3.24. The Morgan fingerprint density at radius 1 is 1.33 bits per heavy atom. The third-order valence-electron chi connectivity index (χ3n) is 3.90. The maximum Gasteiger partial charge on any atom is 0.187 e. The molecule has 0 spiro atoms. The molecule has 1 aliphatic heterocycles. The molecule has 0 saturated carbocycles. The Labute approximate surface area is 129 Å². The minimum absolute atomic E-state index is 0.708. The lowest BCUT2D eigenvalue weighted by Crippen LogP contribution is -2.36. The monoisotopic (exact) mass is 303 g/mol. The highest BCUT2D eigenvalue weighted by Crippen LogP contribution is 2.20. The van der Waals surface area contributed by atoms with Crippen molar-refractivity contribution in [2.75, 3.05) is 19.3 Å². The summed E-state index contributed by atoms with van der Waals surface area (Å²) in [6.45, 7) is 4.33. The number of aromatic nitrogens is 4. The van der Waals surface area contributed by atoms with Crippen LogP contribution in [0.25, 0.3) is 0 Å². The minimum Gasteiger partial charge on any atom is -0.337 e. The van der Waals surface area contributed by atoms with Gasteiger partial charge in [-0.2, -0.15) is 0 Å². The molecule has 0 unspecified atom stereocenters. The van der Waals surface area contributed by atoms with Crippen molar-refractivity contribution in [2.45, 2.75) is 31.1 Å². The molecule has 21 heavy (non-hydrogen) atoms. The summed E-state index contributed by atoms with van der Waals surface area (Å²) < 4.78 is 2.19. The number of rotatable bonds is 5. The molecule has 6 heteroatoms. The van der Waals surface area contributed by atoms with Crippen LogP contribution in [0.2, 0.25) is 0 Å². The van der Waals surface area contributed by atoms with E-state index in [1.807, 2.05) is 37.4 Å². The number of hydrogen-bond acceptors (Lipinski definition) is 5. The zero-order valence-corrected chi connectivity index (χ0v) is 13.2. The molecule has 1 aliphatic rings. The molecule has 3 rings (SSSR count). The lowest BCUT2D eigenvalue weighted by atomic mass is 9.97. The molecule has 2 aromatic rings. The van der Waals surface area contributed by atoms with E-state index >= 15 is 0 Å². The predicted octanol–water partition coefficient (Wildman–Crippen LogP) is 2.31. The molecule has 0 aliphatic carbocycles. The number of thioether (sulfide) groups is 1. The third-order valence-corrected chi connectivity index (χ3v) is 4.48. The van der Waals surface area contributed by atoms with E-state index in [0.717, 1.165) is 24.8 Å². The number of piperidine rings is 1. The van der Waals surface area contributed by atoms with E-state index < -0.39 is 0 Å². The topological polar surface area (TPSA) is 46.8 Å². The first-order valence-corrected chi connectivity index (χ1v) is 8.59. The molecule has 0 amide bonds. The van der Waals surface area contributed by atoms with Crippen molar-refractivity contribution in [2.24, 2.45) is 5.92 Å². The van der Waals surface area contributed by atoms with E-state index in [-0.39, 0.29) is 0 Å². The Bertz CT molecular complexity index is 540. The standard InChI is InChI=1S/C15H21N5S/c1-21-15-17-7-14(8-18-15)11-19-5-2-3-13(9-19)10-20-6-4-16-12-20/h4,6-8,12-13H,2-3,5,9-11H2,1H3/t13-/m1/s1. The molecular weight excluding hydrogens is 282 g/mol. The average Bonchev–Trinajstić information content (AvgIpc) is 3.01. The van der Waals surface area contributed by atoms with Gasteiger partial charge < -0.3 is 4.57 Å². The fraction of sp³-hybridized carbons (Fsp3) is 0.533. The summed E-state index contributed by atoms with van der Waals surface area (Å²) in [7, 11) is 0. The van der Waals surface area contributed by atoms with Gasteiger partial charge in [0.1, 0.15) is 0 Å². The fourth-order valence-electron chi connectivity index (χ4n) is 2.92. The molecule has 1 fully saturated rings. The second kappa shape index (κ2) is 7.04. The molecule has 5 nitrogen and oxygen atoms in total. The summed E-state index contributed by atoms with van der Waals surface area (Å²) in [4.78, 5) is 15.3. The van der Waals surface area contributed by atoms with Crippen LogP contribution in [0.3, 0.4) is 0 Å². The van der Waals surface area contributed by atoms with Gasteiger partial charge in [-0.05, 0) is 31.6 Å². The first-order chi connectivity index (χ1) is 10.3. The Morgan fingerprint density at radius 2 is 2.19 bits per heavy atom. The second-order valence-corrected chi connectivity index (χ2v) is 6.35. The van der Waals surface area contributed by atoms with Gasteiger partial charge in [-0.25, -0.2) is 15.0 Å². The molecule has 0 aromatic carbocycles. The normalized spacial score (nSPS) is 19.8. The third kappa shape index (κ3) is 4.04. The van der Waals surface area contributed by atoms with Gasteiger partial charge in [0.2, 0.25) is 0 Å². The van der Waals surface area contributed by atoms with Gasteiger partial charge in [0.25, 0.3) is 0 Å². The quantitative estimate of drug-likeness (QED) is 0.626. The van der Waals surface area contributed by atoms with Crippen LogP contribution >= 0.6 is 11.8 Å². The van der Waals surface area contributed by atoms with E-state index in [1.165, 1.54) is 24.9 Å². The summed E-state index contributed by atoms with van der Waals surface area (Å²) in [5.41, 5.74) is 1.20. The first kappa shape index (κ1) is 14.5. The summed E-state index contributed by atoms with van der Waals surface area (Å²) in [6.07, 6.45) is 14.3. The highest BCUT2D eigenvalue weighted by Gasteiger charge is 2.20. The Morgan fingerprint density at radius 3 is 2.90 bits per heavy atom. The summed E-state index contributed by atoms with van der Waals surface area (Å²) in [5.74, 6) is 0.708. The van der Waals surface area contributed by atoms with Crippen LogP contribution in [-0.4, -0.2) is 43.8 Å². The maximum absolute atomic E-state index is 4.36. The molecular formula is C15H21N5S. The van der Waals surface area contributed by atoms with Crippen molar-refractivity contribution < 1.29 is 0 Å². The van der Waals surface area contributed by atoms with Crippen LogP contribution in [0.4, 0.5) is 0 Å². The molecule has 3 heterocycles. The second-order valence-electron chi connectivity index (χ2n) is 5.58. The number of likely N-dealkylation sites (tertiary alicyclic amines) is 1. The van der Waals surface area contributed by atoms with Crippen molar-refractivity contribution in [1.82, 2.24) is 24.4 Å². The largest absolute Gasteiger partial charge is 0.337 e. The SMILES string of the molecule is CSc1ncc(CN2CCC[C@@H](Cn3ccnc3)C2)cn1. The van der Waals surface area contributed by atoms with Gasteiger partial charge >= 0.3 is 0 Å². The Hall–Kier alpha value is -1.40. The number of nitrogens with zero attached hydrogens (tertiary/aromatic N) is 5. The van der Waals surface area contributed by atoms with Crippen LogP contribution in [0.5, 0.6) is 0 Å². The van der Waals surface area contributed by atoms with Crippen molar-refractivity contribution in [3.8, 4) is 0 Å². The van der Waals surface area contributed by atoms with E-state index in [2.05, 4.69) is 24.4 Å². The van der Waals surface area contributed by atoms with Crippen LogP contribution in [0.15, 0.2) is 36.3 Å². The summed E-state index contributed by atoms with van der Waals surface area (Å²) in [6, 6.07) is 0. The molecule has 1 atom stereocenters. The van der Waals surface area contributed by atoms with Crippen LogP contribution < -0.4 is 0 Å². The smallest absolute Gasteiger partial charge is 0.187 e. The lowest BCUT2D eigenvalue weighted by molar-refractivity contribution is 0.155. The molecule has 0 N–H and O–H groups in total. The van der Waals surface area contributed by atoms with Crippen LogP contribution in [0.1, 0.15) is 18.4 Å². The highest BCUT2D eigenvalue weighted by molar-refractivity contribution is 7.98. The first-order valence-electron chi connectivity index (χ1n) is 7.36. The summed E-state index contributed by atoms with van der Waals surface area (Å²) >= 11 is 1.58. The average molecular weight is 303 g/mol. The van der Waals surface area contributed by atoms with Gasteiger partial charge in [-0.1, -0.05) is 11.8 Å². The Kier molecular flexibility index (Phi) is 4.87. The van der Waals surface area contributed by atoms with Crippen molar-refractivity contribution >= 4 is 11.8 Å². The number of imidazole rings is 1. The molecule has 112 valence electrons. The van der Waals surface area contributed by atoms with Gasteiger partial charge in [0.15, 0.2) is 5.16 Å². The predicted molar refractivity (Wildman–Crippen MR) is 84.0 cm³/mol. The zero-order chi connectivity index (χ0) is 14.5. The van der Waals surface area contributed by atoms with Crippen molar-refractivity contribution in [3.63, 3.8) is 0 Å². The lowest BCUT2D eigenvalue weighted by Gasteiger charge is -2.32. The van der Waals surface area contributed by atoms with E-state index in [0.29, 0.717) is 5.92 Å².